The molecule has 1 aromatic rings. The minimum absolute atomic E-state index is 0.0575. The summed E-state index contributed by atoms with van der Waals surface area (Å²) in [4.78, 5) is 22.1. The third-order valence-corrected chi connectivity index (χ3v) is 2.39. The Labute approximate surface area is 76.6 Å². The SMILES string of the molecule is CC(=O)c1ccc2c(c1)CC(=O)C2. The summed E-state index contributed by atoms with van der Waals surface area (Å²) in [5.74, 6) is 0.304. The first-order valence-electron chi connectivity index (χ1n) is 4.31. The maximum Gasteiger partial charge on any atom is 0.159 e. The lowest BCUT2D eigenvalue weighted by Gasteiger charge is -1.99. The number of hydrogen-bond acceptors (Lipinski definition) is 2. The Balaban J connectivity index is 2.45. The van der Waals surface area contributed by atoms with E-state index in [1.54, 1.807) is 13.0 Å². The summed E-state index contributed by atoms with van der Waals surface area (Å²) in [6, 6.07) is 5.51. The second-order valence-electron chi connectivity index (χ2n) is 3.43. The predicted octanol–water partition coefficient (Wildman–Crippen LogP) is 1.56. The number of Topliss-reactive ketones (excluding diaryl/α,β-unsaturated/α-hetero) is 2. The van der Waals surface area contributed by atoms with Crippen molar-refractivity contribution in [3.63, 3.8) is 0 Å². The summed E-state index contributed by atoms with van der Waals surface area (Å²) in [5, 5.41) is 0. The van der Waals surface area contributed by atoms with E-state index in [2.05, 4.69) is 0 Å². The zero-order valence-electron chi connectivity index (χ0n) is 7.46. The molecule has 0 aromatic heterocycles. The number of carbonyl (C=O) groups is 2. The first-order valence-corrected chi connectivity index (χ1v) is 4.31. The van der Waals surface area contributed by atoms with Gasteiger partial charge >= 0.3 is 0 Å². The van der Waals surface area contributed by atoms with Crippen LogP contribution in [0.1, 0.15) is 28.4 Å². The number of carbonyl (C=O) groups excluding carboxylic acids is 2. The van der Waals surface area contributed by atoms with Crippen LogP contribution in [0.15, 0.2) is 18.2 Å². The molecule has 66 valence electrons. The van der Waals surface area contributed by atoms with Gasteiger partial charge < -0.3 is 0 Å². The zero-order chi connectivity index (χ0) is 9.42. The Morgan fingerprint density at radius 3 is 2.62 bits per heavy atom. The van der Waals surface area contributed by atoms with E-state index < -0.39 is 0 Å². The second kappa shape index (κ2) is 2.80. The molecular weight excluding hydrogens is 164 g/mol. The third kappa shape index (κ3) is 1.39. The van der Waals surface area contributed by atoms with E-state index in [4.69, 9.17) is 0 Å². The first-order chi connectivity index (χ1) is 6.16. The van der Waals surface area contributed by atoms with Crippen molar-refractivity contribution in [3.8, 4) is 0 Å². The maximum absolute atomic E-state index is 11.1. The number of rotatable bonds is 1. The molecule has 1 aliphatic carbocycles. The molecule has 0 saturated carbocycles. The largest absolute Gasteiger partial charge is 0.299 e. The fraction of sp³-hybridized carbons (Fsp3) is 0.273. The molecule has 0 N–H and O–H groups in total. The number of hydrogen-bond donors (Lipinski definition) is 0. The number of fused-ring (bicyclic) bond motifs is 1. The second-order valence-corrected chi connectivity index (χ2v) is 3.43. The first kappa shape index (κ1) is 8.17. The van der Waals surface area contributed by atoms with Gasteiger partial charge in [-0.2, -0.15) is 0 Å². The Bertz CT molecular complexity index is 391. The molecule has 0 fully saturated rings. The molecule has 0 aliphatic heterocycles. The van der Waals surface area contributed by atoms with Crippen LogP contribution in [-0.4, -0.2) is 11.6 Å². The van der Waals surface area contributed by atoms with Crippen molar-refractivity contribution >= 4 is 11.6 Å². The highest BCUT2D eigenvalue weighted by Crippen LogP contribution is 2.20. The van der Waals surface area contributed by atoms with Gasteiger partial charge in [-0.1, -0.05) is 12.1 Å². The van der Waals surface area contributed by atoms with Crippen LogP contribution >= 0.6 is 0 Å². The van der Waals surface area contributed by atoms with Gasteiger partial charge in [0, 0.05) is 18.4 Å². The molecule has 0 bridgehead atoms. The van der Waals surface area contributed by atoms with Gasteiger partial charge in [-0.15, -0.1) is 0 Å². The molecule has 1 aliphatic rings. The monoisotopic (exact) mass is 174 g/mol. The predicted molar refractivity (Wildman–Crippen MR) is 48.9 cm³/mol. The van der Waals surface area contributed by atoms with Crippen molar-refractivity contribution < 1.29 is 9.59 Å². The van der Waals surface area contributed by atoms with Gasteiger partial charge in [0.2, 0.25) is 0 Å². The molecule has 0 saturated heterocycles. The van der Waals surface area contributed by atoms with Crippen LogP contribution in [-0.2, 0) is 17.6 Å². The van der Waals surface area contributed by atoms with Gasteiger partial charge in [0.25, 0.3) is 0 Å². The van der Waals surface area contributed by atoms with Crippen LogP contribution in [0.2, 0.25) is 0 Å². The molecule has 2 heteroatoms. The summed E-state index contributed by atoms with van der Waals surface area (Å²) in [6.45, 7) is 1.54. The summed E-state index contributed by atoms with van der Waals surface area (Å²) in [7, 11) is 0. The Morgan fingerprint density at radius 1 is 1.23 bits per heavy atom. The molecule has 2 nitrogen and oxygen atoms in total. The molecule has 0 radical (unpaired) electrons. The molecular formula is C11H10O2. The van der Waals surface area contributed by atoms with E-state index >= 15 is 0 Å². The van der Waals surface area contributed by atoms with Gasteiger partial charge in [0.1, 0.15) is 5.78 Å². The minimum atomic E-state index is 0.0575. The van der Waals surface area contributed by atoms with Crippen LogP contribution < -0.4 is 0 Å². The smallest absolute Gasteiger partial charge is 0.159 e. The van der Waals surface area contributed by atoms with E-state index in [9.17, 15) is 9.59 Å². The van der Waals surface area contributed by atoms with Gasteiger partial charge in [-0.05, 0) is 24.1 Å². The van der Waals surface area contributed by atoms with Gasteiger partial charge in [-0.25, -0.2) is 0 Å². The van der Waals surface area contributed by atoms with Crippen molar-refractivity contribution in [2.24, 2.45) is 0 Å². The van der Waals surface area contributed by atoms with E-state index in [1.807, 2.05) is 12.1 Å². The topological polar surface area (TPSA) is 34.1 Å². The molecule has 0 atom stereocenters. The maximum atomic E-state index is 11.1. The van der Waals surface area contributed by atoms with Crippen LogP contribution in [0.25, 0.3) is 0 Å². The minimum Gasteiger partial charge on any atom is -0.299 e. The average molecular weight is 174 g/mol. The Hall–Kier alpha value is -1.44. The average Bonchev–Trinajstić information content (AvgIpc) is 2.42. The molecule has 0 unspecified atom stereocenters. The molecule has 1 aromatic carbocycles. The fourth-order valence-corrected chi connectivity index (χ4v) is 1.67. The highest BCUT2D eigenvalue weighted by molar-refractivity contribution is 5.95. The van der Waals surface area contributed by atoms with Gasteiger partial charge in [0.05, 0.1) is 0 Å². The quantitative estimate of drug-likeness (QED) is 0.605. The Morgan fingerprint density at radius 2 is 1.92 bits per heavy atom. The number of ketones is 2. The molecule has 13 heavy (non-hydrogen) atoms. The van der Waals surface area contributed by atoms with Crippen LogP contribution in [0, 0.1) is 0 Å². The normalized spacial score (nSPS) is 14.4. The van der Waals surface area contributed by atoms with E-state index in [0.717, 1.165) is 11.1 Å². The summed E-state index contributed by atoms with van der Waals surface area (Å²) < 4.78 is 0. The fourth-order valence-electron chi connectivity index (χ4n) is 1.67. The molecule has 0 amide bonds. The van der Waals surface area contributed by atoms with Crippen molar-refractivity contribution in [1.82, 2.24) is 0 Å². The highest BCUT2D eigenvalue weighted by Gasteiger charge is 2.18. The standard InChI is InChI=1S/C11H10O2/c1-7(12)8-2-3-9-5-11(13)6-10(9)4-8/h2-4H,5-6H2,1H3. The highest BCUT2D eigenvalue weighted by atomic mass is 16.1. The molecule has 0 heterocycles. The van der Waals surface area contributed by atoms with E-state index in [0.29, 0.717) is 18.4 Å². The Kier molecular flexibility index (Phi) is 1.76. The summed E-state index contributed by atoms with van der Waals surface area (Å²) in [6.07, 6.45) is 1.03. The molecule has 0 spiro atoms. The summed E-state index contributed by atoms with van der Waals surface area (Å²) in [5.41, 5.74) is 2.81. The lowest BCUT2D eigenvalue weighted by atomic mass is 10.0. The van der Waals surface area contributed by atoms with Crippen molar-refractivity contribution in [2.75, 3.05) is 0 Å². The van der Waals surface area contributed by atoms with E-state index in [-0.39, 0.29) is 11.6 Å². The van der Waals surface area contributed by atoms with Crippen molar-refractivity contribution in [1.29, 1.82) is 0 Å². The molecule has 2 rings (SSSR count). The zero-order valence-corrected chi connectivity index (χ0v) is 7.46. The van der Waals surface area contributed by atoms with Crippen LogP contribution in [0.5, 0.6) is 0 Å². The lowest BCUT2D eigenvalue weighted by molar-refractivity contribution is -0.117. The van der Waals surface area contributed by atoms with Gasteiger partial charge in [-0.3, -0.25) is 9.59 Å². The van der Waals surface area contributed by atoms with E-state index in [1.165, 1.54) is 0 Å². The third-order valence-electron chi connectivity index (χ3n) is 2.39. The van der Waals surface area contributed by atoms with Crippen LogP contribution in [0.4, 0.5) is 0 Å². The van der Waals surface area contributed by atoms with Crippen molar-refractivity contribution in [3.05, 3.63) is 34.9 Å². The number of benzene rings is 1. The summed E-state index contributed by atoms with van der Waals surface area (Å²) >= 11 is 0. The van der Waals surface area contributed by atoms with Gasteiger partial charge in [0.15, 0.2) is 5.78 Å². The van der Waals surface area contributed by atoms with Crippen molar-refractivity contribution in [2.45, 2.75) is 19.8 Å². The van der Waals surface area contributed by atoms with Crippen LogP contribution in [0.3, 0.4) is 0 Å². The lowest BCUT2D eigenvalue weighted by Crippen LogP contribution is -1.94.